The summed E-state index contributed by atoms with van der Waals surface area (Å²) in [4.78, 5) is 12.1. The van der Waals surface area contributed by atoms with Gasteiger partial charge in [-0.2, -0.15) is 17.4 Å². The molecule has 1 N–H and O–H groups in total. The minimum Gasteiger partial charge on any atom is -0.469 e. The molecule has 21 heavy (non-hydrogen) atoms. The second-order valence-corrected chi connectivity index (χ2v) is 7.42. The first-order valence-corrected chi connectivity index (χ1v) is 9.06. The number of methoxy groups -OCH3 is 1. The molecule has 120 valence electrons. The first-order valence-electron chi connectivity index (χ1n) is 6.74. The van der Waals surface area contributed by atoms with Crippen LogP contribution in [0.5, 0.6) is 0 Å². The van der Waals surface area contributed by atoms with E-state index in [1.807, 2.05) is 24.4 Å². The Balaban J connectivity index is 2.70. The van der Waals surface area contributed by atoms with E-state index in [4.69, 9.17) is 0 Å². The summed E-state index contributed by atoms with van der Waals surface area (Å²) in [6.07, 6.45) is 1.63. The fraction of sp³-hybridized carbons (Fsp3) is 0.615. The van der Waals surface area contributed by atoms with Gasteiger partial charge < -0.3 is 4.74 Å². The van der Waals surface area contributed by atoms with Crippen molar-refractivity contribution in [2.75, 3.05) is 20.7 Å². The molecule has 0 radical (unpaired) electrons. The van der Waals surface area contributed by atoms with E-state index in [1.54, 1.807) is 0 Å². The lowest BCUT2D eigenvalue weighted by Gasteiger charge is -2.22. The van der Waals surface area contributed by atoms with Gasteiger partial charge in [0.15, 0.2) is 0 Å². The predicted molar refractivity (Wildman–Crippen MR) is 83.3 cm³/mol. The van der Waals surface area contributed by atoms with Crippen molar-refractivity contribution in [3.63, 3.8) is 0 Å². The van der Waals surface area contributed by atoms with Crippen LogP contribution in [0.15, 0.2) is 17.5 Å². The molecule has 0 aliphatic heterocycles. The number of nitrogens with zero attached hydrogens (tertiary/aromatic N) is 1. The van der Waals surface area contributed by atoms with Gasteiger partial charge in [0.25, 0.3) is 10.2 Å². The van der Waals surface area contributed by atoms with E-state index in [0.717, 1.165) is 22.0 Å². The fourth-order valence-corrected chi connectivity index (χ4v) is 3.78. The van der Waals surface area contributed by atoms with Gasteiger partial charge in [0, 0.05) is 18.5 Å². The SMILES string of the molecule is CCCC(NS(=O)(=O)N(C)CCC(=O)OC)c1cccs1. The van der Waals surface area contributed by atoms with Crippen molar-refractivity contribution in [3.8, 4) is 0 Å². The van der Waals surface area contributed by atoms with Crippen LogP contribution in [0, 0.1) is 0 Å². The Bertz CT molecular complexity index is 528. The molecule has 0 bridgehead atoms. The van der Waals surface area contributed by atoms with Crippen LogP contribution in [0.25, 0.3) is 0 Å². The first-order chi connectivity index (χ1) is 9.90. The van der Waals surface area contributed by atoms with E-state index in [1.165, 1.54) is 25.5 Å². The van der Waals surface area contributed by atoms with E-state index < -0.39 is 16.2 Å². The van der Waals surface area contributed by atoms with Crippen molar-refractivity contribution in [2.24, 2.45) is 0 Å². The zero-order valence-electron chi connectivity index (χ0n) is 12.5. The zero-order valence-corrected chi connectivity index (χ0v) is 14.2. The van der Waals surface area contributed by atoms with Crippen molar-refractivity contribution < 1.29 is 17.9 Å². The third-order valence-corrected chi connectivity index (χ3v) is 5.60. The van der Waals surface area contributed by atoms with Gasteiger partial charge in [-0.25, -0.2) is 0 Å². The minimum atomic E-state index is -3.63. The van der Waals surface area contributed by atoms with Crippen LogP contribution in [0.4, 0.5) is 0 Å². The number of rotatable bonds is 9. The molecule has 6 nitrogen and oxygen atoms in total. The van der Waals surface area contributed by atoms with Gasteiger partial charge in [0.1, 0.15) is 0 Å². The molecule has 1 unspecified atom stereocenters. The predicted octanol–water partition coefficient (Wildman–Crippen LogP) is 1.92. The van der Waals surface area contributed by atoms with E-state index in [0.29, 0.717) is 0 Å². The summed E-state index contributed by atoms with van der Waals surface area (Å²) in [6.45, 7) is 2.10. The lowest BCUT2D eigenvalue weighted by Crippen LogP contribution is -2.41. The van der Waals surface area contributed by atoms with Gasteiger partial charge in [0.05, 0.1) is 19.6 Å². The maximum atomic E-state index is 12.3. The maximum Gasteiger partial charge on any atom is 0.306 e. The molecule has 1 aromatic heterocycles. The van der Waals surface area contributed by atoms with Crippen LogP contribution in [-0.4, -0.2) is 39.4 Å². The van der Waals surface area contributed by atoms with Crippen molar-refractivity contribution in [2.45, 2.75) is 32.2 Å². The quantitative estimate of drug-likeness (QED) is 0.700. The highest BCUT2D eigenvalue weighted by Gasteiger charge is 2.24. The Morgan fingerprint density at radius 1 is 1.52 bits per heavy atom. The van der Waals surface area contributed by atoms with E-state index >= 15 is 0 Å². The van der Waals surface area contributed by atoms with Crippen molar-refractivity contribution in [1.29, 1.82) is 0 Å². The van der Waals surface area contributed by atoms with Crippen LogP contribution in [0.2, 0.25) is 0 Å². The molecule has 1 rings (SSSR count). The molecule has 0 aliphatic rings. The summed E-state index contributed by atoms with van der Waals surface area (Å²) in [7, 11) is -0.901. The number of carbonyl (C=O) groups excluding carboxylic acids is 1. The van der Waals surface area contributed by atoms with Gasteiger partial charge >= 0.3 is 5.97 Å². The van der Waals surface area contributed by atoms with E-state index in [-0.39, 0.29) is 19.0 Å². The van der Waals surface area contributed by atoms with Gasteiger partial charge in [-0.3, -0.25) is 4.79 Å². The van der Waals surface area contributed by atoms with Gasteiger partial charge in [-0.15, -0.1) is 11.3 Å². The molecule has 1 atom stereocenters. The molecule has 0 amide bonds. The number of nitrogens with one attached hydrogen (secondary N) is 1. The monoisotopic (exact) mass is 334 g/mol. The topological polar surface area (TPSA) is 75.7 Å². The van der Waals surface area contributed by atoms with E-state index in [2.05, 4.69) is 9.46 Å². The average molecular weight is 334 g/mol. The Morgan fingerprint density at radius 3 is 2.76 bits per heavy atom. The molecule has 1 heterocycles. The van der Waals surface area contributed by atoms with Crippen LogP contribution in [0.3, 0.4) is 0 Å². The number of thiophene rings is 1. The smallest absolute Gasteiger partial charge is 0.306 e. The normalized spacial score (nSPS) is 13.3. The molecular formula is C13H22N2O4S2. The Labute approximate surface area is 130 Å². The molecule has 0 saturated carbocycles. The van der Waals surface area contributed by atoms with Gasteiger partial charge in [0.2, 0.25) is 0 Å². The maximum absolute atomic E-state index is 12.3. The summed E-state index contributed by atoms with van der Waals surface area (Å²) >= 11 is 1.53. The number of carbonyl (C=O) groups is 1. The lowest BCUT2D eigenvalue weighted by atomic mass is 10.1. The van der Waals surface area contributed by atoms with Crippen molar-refractivity contribution >= 4 is 27.5 Å². The van der Waals surface area contributed by atoms with Crippen molar-refractivity contribution in [1.82, 2.24) is 9.03 Å². The Kier molecular flexibility index (Phi) is 7.30. The molecule has 0 aliphatic carbocycles. The summed E-state index contributed by atoms with van der Waals surface area (Å²) in [5.74, 6) is -0.430. The number of ether oxygens (including phenoxy) is 1. The van der Waals surface area contributed by atoms with Gasteiger partial charge in [-0.05, 0) is 17.9 Å². The lowest BCUT2D eigenvalue weighted by molar-refractivity contribution is -0.140. The zero-order chi connectivity index (χ0) is 15.9. The second-order valence-electron chi connectivity index (χ2n) is 4.63. The fourth-order valence-electron chi connectivity index (χ4n) is 1.78. The number of hydrogen-bond acceptors (Lipinski definition) is 5. The highest BCUT2D eigenvalue weighted by atomic mass is 32.2. The molecule has 0 spiro atoms. The summed E-state index contributed by atoms with van der Waals surface area (Å²) < 4.78 is 32.9. The highest BCUT2D eigenvalue weighted by molar-refractivity contribution is 7.87. The molecule has 1 aromatic rings. The Hall–Kier alpha value is -0.960. The Morgan fingerprint density at radius 2 is 2.24 bits per heavy atom. The highest BCUT2D eigenvalue weighted by Crippen LogP contribution is 2.24. The second kappa shape index (κ2) is 8.47. The third kappa shape index (κ3) is 5.74. The van der Waals surface area contributed by atoms with Gasteiger partial charge in [-0.1, -0.05) is 19.4 Å². The number of hydrogen-bond donors (Lipinski definition) is 1. The summed E-state index contributed by atoms with van der Waals surface area (Å²) in [5.41, 5.74) is 0. The minimum absolute atomic E-state index is 0.0331. The van der Waals surface area contributed by atoms with Crippen molar-refractivity contribution in [3.05, 3.63) is 22.4 Å². The van der Waals surface area contributed by atoms with Crippen LogP contribution >= 0.6 is 11.3 Å². The molecule has 8 heteroatoms. The average Bonchev–Trinajstić information content (AvgIpc) is 2.97. The third-order valence-electron chi connectivity index (χ3n) is 3.02. The van der Waals surface area contributed by atoms with E-state index in [9.17, 15) is 13.2 Å². The molecular weight excluding hydrogens is 312 g/mol. The van der Waals surface area contributed by atoms with Crippen LogP contribution in [-0.2, 0) is 19.7 Å². The van der Waals surface area contributed by atoms with Crippen LogP contribution in [0.1, 0.15) is 37.1 Å². The largest absolute Gasteiger partial charge is 0.469 e. The molecule has 0 aromatic carbocycles. The summed E-state index contributed by atoms with van der Waals surface area (Å²) in [6, 6.07) is 3.58. The molecule has 0 saturated heterocycles. The number of esters is 1. The first kappa shape index (κ1) is 18.1. The summed E-state index contributed by atoms with van der Waals surface area (Å²) in [5, 5.41) is 1.92. The standard InChI is InChI=1S/C13H22N2O4S2/c1-4-6-11(12-7-5-10-20-12)14-21(17,18)15(2)9-8-13(16)19-3/h5,7,10-11,14H,4,6,8-9H2,1-3H3. The molecule has 0 fully saturated rings. The van der Waals surface area contributed by atoms with Crippen LogP contribution < -0.4 is 4.72 Å².